The topological polar surface area (TPSA) is 29.1 Å². The van der Waals surface area contributed by atoms with E-state index in [1.54, 1.807) is 0 Å². The van der Waals surface area contributed by atoms with Gasteiger partial charge < -0.3 is 5.32 Å². The van der Waals surface area contributed by atoms with Gasteiger partial charge in [-0.3, -0.25) is 4.79 Å². The molecule has 1 N–H and O–H groups in total. The van der Waals surface area contributed by atoms with Crippen molar-refractivity contribution in [2.24, 2.45) is 5.92 Å². The lowest BCUT2D eigenvalue weighted by Gasteiger charge is -2.21. The molecule has 0 spiro atoms. The van der Waals surface area contributed by atoms with Crippen molar-refractivity contribution in [3.63, 3.8) is 0 Å². The van der Waals surface area contributed by atoms with E-state index in [2.05, 4.69) is 5.32 Å². The van der Waals surface area contributed by atoms with Crippen molar-refractivity contribution in [3.05, 3.63) is 34.9 Å². The van der Waals surface area contributed by atoms with Crippen LogP contribution < -0.4 is 5.32 Å². The highest BCUT2D eigenvalue weighted by Gasteiger charge is 2.25. The minimum absolute atomic E-state index is 0.111. The van der Waals surface area contributed by atoms with Crippen molar-refractivity contribution in [2.45, 2.75) is 19.8 Å². The molecule has 1 heterocycles. The number of Topliss-reactive ketones (excluding diaryl/α,β-unsaturated/α-hetero) is 1. The van der Waals surface area contributed by atoms with Crippen molar-refractivity contribution in [2.75, 3.05) is 13.1 Å². The van der Waals surface area contributed by atoms with Crippen molar-refractivity contribution in [3.8, 4) is 0 Å². The third-order valence-corrected chi connectivity index (χ3v) is 3.25. The first-order valence-corrected chi connectivity index (χ1v) is 5.81. The quantitative estimate of drug-likeness (QED) is 0.803. The van der Waals surface area contributed by atoms with E-state index in [1.165, 1.54) is 19.1 Å². The summed E-state index contributed by atoms with van der Waals surface area (Å²) in [5.41, 5.74) is 0.115. The number of aryl methyl sites for hydroxylation is 1. The van der Waals surface area contributed by atoms with E-state index in [0.29, 0.717) is 12.8 Å². The van der Waals surface area contributed by atoms with Gasteiger partial charge in [0, 0.05) is 5.92 Å². The predicted molar refractivity (Wildman–Crippen MR) is 61.0 cm³/mol. The molecule has 0 saturated carbocycles. The van der Waals surface area contributed by atoms with Crippen LogP contribution in [0.2, 0.25) is 0 Å². The van der Waals surface area contributed by atoms with Crippen LogP contribution in [0.25, 0.3) is 0 Å². The maximum Gasteiger partial charge on any atom is 0.169 e. The molecule has 1 saturated heterocycles. The average molecular weight is 239 g/mol. The first kappa shape index (κ1) is 12.2. The summed E-state index contributed by atoms with van der Waals surface area (Å²) in [4.78, 5) is 12.0. The number of halogens is 2. The van der Waals surface area contributed by atoms with Gasteiger partial charge in [0.25, 0.3) is 0 Å². The molecule has 92 valence electrons. The number of hydrogen-bond acceptors (Lipinski definition) is 2. The van der Waals surface area contributed by atoms with Crippen molar-refractivity contribution >= 4 is 5.78 Å². The molecule has 2 nitrogen and oxygen atoms in total. The fraction of sp³-hybridized carbons (Fsp3) is 0.462. The van der Waals surface area contributed by atoms with Gasteiger partial charge in [0.15, 0.2) is 17.4 Å². The van der Waals surface area contributed by atoms with Crippen LogP contribution in [0.15, 0.2) is 12.1 Å². The lowest BCUT2D eigenvalue weighted by Crippen LogP contribution is -2.32. The summed E-state index contributed by atoms with van der Waals surface area (Å²) in [6, 6.07) is 2.84. The summed E-state index contributed by atoms with van der Waals surface area (Å²) in [7, 11) is 0. The molecule has 0 aliphatic carbocycles. The molecule has 1 aromatic carbocycles. The fourth-order valence-corrected chi connectivity index (χ4v) is 2.14. The van der Waals surface area contributed by atoms with Gasteiger partial charge in [0.2, 0.25) is 0 Å². The molecule has 0 amide bonds. The summed E-state index contributed by atoms with van der Waals surface area (Å²) >= 11 is 0. The highest BCUT2D eigenvalue weighted by atomic mass is 19.2. The second-order valence-electron chi connectivity index (χ2n) is 4.45. The molecule has 0 atom stereocenters. The van der Waals surface area contributed by atoms with Gasteiger partial charge in [-0.15, -0.1) is 0 Å². The zero-order valence-electron chi connectivity index (χ0n) is 9.72. The van der Waals surface area contributed by atoms with Gasteiger partial charge in [-0.05, 0) is 44.5 Å². The van der Waals surface area contributed by atoms with Crippen molar-refractivity contribution < 1.29 is 13.6 Å². The first-order valence-electron chi connectivity index (χ1n) is 5.81. The van der Waals surface area contributed by atoms with E-state index >= 15 is 0 Å². The molecule has 0 radical (unpaired) electrons. The van der Waals surface area contributed by atoms with Crippen LogP contribution in [0, 0.1) is 24.5 Å². The molecule has 1 aliphatic rings. The molecule has 0 aromatic heterocycles. The van der Waals surface area contributed by atoms with Gasteiger partial charge in [-0.1, -0.05) is 6.07 Å². The smallest absolute Gasteiger partial charge is 0.169 e. The zero-order chi connectivity index (χ0) is 12.4. The van der Waals surface area contributed by atoms with Gasteiger partial charge in [-0.2, -0.15) is 0 Å². The number of nitrogens with one attached hydrogen (secondary N) is 1. The number of piperidine rings is 1. The van der Waals surface area contributed by atoms with Crippen molar-refractivity contribution in [1.29, 1.82) is 0 Å². The maximum atomic E-state index is 13.7. The number of rotatable bonds is 2. The Bertz CT molecular complexity index is 439. The van der Waals surface area contributed by atoms with E-state index in [-0.39, 0.29) is 22.8 Å². The van der Waals surface area contributed by atoms with E-state index in [9.17, 15) is 13.6 Å². The van der Waals surface area contributed by atoms with Crippen LogP contribution in [0.3, 0.4) is 0 Å². The number of ketones is 1. The van der Waals surface area contributed by atoms with Gasteiger partial charge in [0.05, 0.1) is 5.56 Å². The Morgan fingerprint density at radius 3 is 2.53 bits per heavy atom. The Balaban J connectivity index is 2.27. The third kappa shape index (κ3) is 2.36. The Labute approximate surface area is 99.0 Å². The average Bonchev–Trinajstić information content (AvgIpc) is 2.36. The van der Waals surface area contributed by atoms with Gasteiger partial charge in [-0.25, -0.2) is 8.78 Å². The lowest BCUT2D eigenvalue weighted by atomic mass is 9.89. The molecule has 2 rings (SSSR count). The molecular weight excluding hydrogens is 224 g/mol. The van der Waals surface area contributed by atoms with Crippen LogP contribution in [-0.2, 0) is 0 Å². The zero-order valence-corrected chi connectivity index (χ0v) is 9.72. The number of carbonyl (C=O) groups excluding carboxylic acids is 1. The maximum absolute atomic E-state index is 13.7. The Hall–Kier alpha value is -1.29. The summed E-state index contributed by atoms with van der Waals surface area (Å²) in [6.07, 6.45) is 1.38. The Morgan fingerprint density at radius 2 is 1.88 bits per heavy atom. The van der Waals surface area contributed by atoms with Crippen LogP contribution in [-0.4, -0.2) is 18.9 Å². The summed E-state index contributed by atoms with van der Waals surface area (Å²) in [5.74, 6) is -2.38. The lowest BCUT2D eigenvalue weighted by molar-refractivity contribution is 0.0890. The SMILES string of the molecule is Cc1ccc(C(=O)C2CCNCC2)c(F)c1F. The van der Waals surface area contributed by atoms with Gasteiger partial charge in [0.1, 0.15) is 0 Å². The molecule has 0 unspecified atom stereocenters. The molecule has 17 heavy (non-hydrogen) atoms. The predicted octanol–water partition coefficient (Wildman–Crippen LogP) is 2.46. The second-order valence-corrected chi connectivity index (χ2v) is 4.45. The number of benzene rings is 1. The highest BCUT2D eigenvalue weighted by molar-refractivity contribution is 5.98. The second kappa shape index (κ2) is 4.92. The van der Waals surface area contributed by atoms with E-state index in [4.69, 9.17) is 0 Å². The highest BCUT2D eigenvalue weighted by Crippen LogP contribution is 2.22. The van der Waals surface area contributed by atoms with Crippen LogP contribution in [0.1, 0.15) is 28.8 Å². The summed E-state index contributed by atoms with van der Waals surface area (Å²) in [6.45, 7) is 3.00. The number of carbonyl (C=O) groups is 1. The molecule has 1 aliphatic heterocycles. The molecule has 1 aromatic rings. The number of hydrogen-bond donors (Lipinski definition) is 1. The normalized spacial score (nSPS) is 17.1. The molecular formula is C13H15F2NO. The van der Waals surface area contributed by atoms with E-state index < -0.39 is 11.6 Å². The van der Waals surface area contributed by atoms with Crippen LogP contribution in [0.4, 0.5) is 8.78 Å². The van der Waals surface area contributed by atoms with E-state index in [0.717, 1.165) is 13.1 Å². The van der Waals surface area contributed by atoms with Crippen LogP contribution >= 0.6 is 0 Å². The molecule has 1 fully saturated rings. The largest absolute Gasteiger partial charge is 0.317 e. The van der Waals surface area contributed by atoms with E-state index in [1.807, 2.05) is 0 Å². The Morgan fingerprint density at radius 1 is 1.24 bits per heavy atom. The van der Waals surface area contributed by atoms with Crippen molar-refractivity contribution in [1.82, 2.24) is 5.32 Å². The minimum Gasteiger partial charge on any atom is -0.317 e. The summed E-state index contributed by atoms with van der Waals surface area (Å²) < 4.78 is 27.0. The molecule has 0 bridgehead atoms. The Kier molecular flexibility index (Phi) is 3.52. The minimum atomic E-state index is -1.01. The standard InChI is InChI=1S/C13H15F2NO/c1-8-2-3-10(12(15)11(8)14)13(17)9-4-6-16-7-5-9/h2-3,9,16H,4-7H2,1H3. The first-order chi connectivity index (χ1) is 8.11. The summed E-state index contributed by atoms with van der Waals surface area (Å²) in [5, 5.41) is 3.14. The van der Waals surface area contributed by atoms with Gasteiger partial charge >= 0.3 is 0 Å². The van der Waals surface area contributed by atoms with Crippen LogP contribution in [0.5, 0.6) is 0 Å². The fourth-order valence-electron chi connectivity index (χ4n) is 2.14. The molecule has 4 heteroatoms. The third-order valence-electron chi connectivity index (χ3n) is 3.25. The monoisotopic (exact) mass is 239 g/mol.